The van der Waals surface area contributed by atoms with Gasteiger partial charge in [-0.3, -0.25) is 0 Å². The number of anilines is 1. The summed E-state index contributed by atoms with van der Waals surface area (Å²) in [5.74, 6) is 0. The fourth-order valence-corrected chi connectivity index (χ4v) is 2.44. The van der Waals surface area contributed by atoms with Gasteiger partial charge in [0.2, 0.25) is 0 Å². The molecule has 1 heterocycles. The van der Waals surface area contributed by atoms with Crippen LogP contribution in [0.15, 0.2) is 30.3 Å². The molecule has 0 saturated carbocycles. The third-order valence-corrected chi connectivity index (χ3v) is 3.21. The normalized spacial score (nSPS) is 10.4. The van der Waals surface area contributed by atoms with Crippen LogP contribution in [-0.4, -0.2) is 0 Å². The zero-order chi connectivity index (χ0) is 10.1. The molecule has 0 amide bonds. The van der Waals surface area contributed by atoms with Crippen LogP contribution < -0.4 is 5.73 Å². The molecule has 0 aliphatic heterocycles. The number of rotatable bonds is 1. The summed E-state index contributed by atoms with van der Waals surface area (Å²) < 4.78 is 0. The summed E-state index contributed by atoms with van der Waals surface area (Å²) in [4.78, 5) is 2.50. The third-order valence-electron chi connectivity index (χ3n) is 1.94. The van der Waals surface area contributed by atoms with Crippen LogP contribution in [0.4, 0.5) is 5.69 Å². The summed E-state index contributed by atoms with van der Waals surface area (Å²) in [6, 6.07) is 9.81. The lowest BCUT2D eigenvalue weighted by molar-refractivity contribution is 1.64. The Kier molecular flexibility index (Phi) is 2.48. The fourth-order valence-electron chi connectivity index (χ4n) is 1.34. The Morgan fingerprint density at radius 1 is 1.21 bits per heavy atom. The first-order valence-electron chi connectivity index (χ1n) is 4.28. The Balaban J connectivity index is 2.51. The summed E-state index contributed by atoms with van der Waals surface area (Å²) >= 11 is 7.68. The van der Waals surface area contributed by atoms with Crippen molar-refractivity contribution in [1.82, 2.24) is 0 Å². The molecule has 0 spiro atoms. The third kappa shape index (κ3) is 1.91. The quantitative estimate of drug-likeness (QED) is 0.728. The second kappa shape index (κ2) is 3.64. The average molecular weight is 224 g/mol. The standard InChI is InChI=1S/C11H10ClNS/c1-7-2-3-11(14-7)8-4-9(12)6-10(13)5-8/h2-6H,13H2,1H3. The summed E-state index contributed by atoms with van der Waals surface area (Å²) in [5, 5.41) is 0.686. The topological polar surface area (TPSA) is 26.0 Å². The van der Waals surface area contributed by atoms with Gasteiger partial charge in [-0.2, -0.15) is 0 Å². The minimum atomic E-state index is 0.686. The molecule has 0 bridgehead atoms. The highest BCUT2D eigenvalue weighted by atomic mass is 35.5. The molecule has 0 unspecified atom stereocenters. The average Bonchev–Trinajstić information content (AvgIpc) is 2.50. The second-order valence-corrected chi connectivity index (χ2v) is 4.91. The van der Waals surface area contributed by atoms with Crippen molar-refractivity contribution in [2.75, 3.05) is 5.73 Å². The number of benzene rings is 1. The summed E-state index contributed by atoms with van der Waals surface area (Å²) in [6.07, 6.45) is 0. The molecule has 0 radical (unpaired) electrons. The van der Waals surface area contributed by atoms with Gasteiger partial charge >= 0.3 is 0 Å². The number of thiophene rings is 1. The van der Waals surface area contributed by atoms with Crippen LogP contribution in [0, 0.1) is 6.92 Å². The van der Waals surface area contributed by atoms with E-state index in [9.17, 15) is 0 Å². The summed E-state index contributed by atoms with van der Waals surface area (Å²) in [6.45, 7) is 2.09. The van der Waals surface area contributed by atoms with Crippen molar-refractivity contribution in [3.63, 3.8) is 0 Å². The number of nitrogen functional groups attached to an aromatic ring is 1. The van der Waals surface area contributed by atoms with E-state index >= 15 is 0 Å². The van der Waals surface area contributed by atoms with Gasteiger partial charge in [-0.1, -0.05) is 11.6 Å². The molecule has 0 saturated heterocycles. The maximum Gasteiger partial charge on any atom is 0.0432 e. The van der Waals surface area contributed by atoms with Gasteiger partial charge in [0, 0.05) is 20.5 Å². The van der Waals surface area contributed by atoms with E-state index in [0.29, 0.717) is 10.7 Å². The Labute approximate surface area is 92.1 Å². The molecule has 0 fully saturated rings. The SMILES string of the molecule is Cc1ccc(-c2cc(N)cc(Cl)c2)s1. The van der Waals surface area contributed by atoms with Crippen LogP contribution in [-0.2, 0) is 0 Å². The maximum absolute atomic E-state index is 5.93. The molecule has 0 aliphatic carbocycles. The van der Waals surface area contributed by atoms with Crippen LogP contribution in [0.1, 0.15) is 4.88 Å². The lowest BCUT2D eigenvalue weighted by Gasteiger charge is -2.00. The predicted molar refractivity (Wildman–Crippen MR) is 63.9 cm³/mol. The minimum Gasteiger partial charge on any atom is -0.399 e. The lowest BCUT2D eigenvalue weighted by atomic mass is 10.2. The first kappa shape index (κ1) is 9.56. The van der Waals surface area contributed by atoms with Gasteiger partial charge in [0.05, 0.1) is 0 Å². The molecule has 72 valence electrons. The zero-order valence-electron chi connectivity index (χ0n) is 7.75. The molecule has 1 aromatic heterocycles. The molecule has 2 rings (SSSR count). The van der Waals surface area contributed by atoms with E-state index < -0.39 is 0 Å². The Morgan fingerprint density at radius 2 is 2.00 bits per heavy atom. The first-order valence-corrected chi connectivity index (χ1v) is 5.47. The van der Waals surface area contributed by atoms with Crippen molar-refractivity contribution in [2.45, 2.75) is 6.92 Å². The maximum atomic E-state index is 5.93. The summed E-state index contributed by atoms with van der Waals surface area (Å²) in [5.41, 5.74) is 7.52. The van der Waals surface area contributed by atoms with Crippen molar-refractivity contribution in [3.05, 3.63) is 40.2 Å². The molecule has 2 N–H and O–H groups in total. The van der Waals surface area contributed by atoms with Crippen molar-refractivity contribution >= 4 is 28.6 Å². The summed E-state index contributed by atoms with van der Waals surface area (Å²) in [7, 11) is 0. The lowest BCUT2D eigenvalue weighted by Crippen LogP contribution is -1.84. The van der Waals surface area contributed by atoms with Crippen LogP contribution in [0.5, 0.6) is 0 Å². The van der Waals surface area contributed by atoms with Crippen LogP contribution >= 0.6 is 22.9 Å². The Hall–Kier alpha value is -0.990. The van der Waals surface area contributed by atoms with Crippen molar-refractivity contribution in [3.8, 4) is 10.4 Å². The van der Waals surface area contributed by atoms with E-state index in [4.69, 9.17) is 17.3 Å². The molecule has 0 atom stereocenters. The van der Waals surface area contributed by atoms with Gasteiger partial charge in [0.25, 0.3) is 0 Å². The largest absolute Gasteiger partial charge is 0.399 e. The number of hydrogen-bond donors (Lipinski definition) is 1. The fraction of sp³-hybridized carbons (Fsp3) is 0.0909. The monoisotopic (exact) mass is 223 g/mol. The minimum absolute atomic E-state index is 0.686. The molecule has 1 aromatic carbocycles. The molecule has 2 aromatic rings. The van der Waals surface area contributed by atoms with E-state index in [1.165, 1.54) is 9.75 Å². The van der Waals surface area contributed by atoms with Crippen LogP contribution in [0.25, 0.3) is 10.4 Å². The highest BCUT2D eigenvalue weighted by Crippen LogP contribution is 2.31. The van der Waals surface area contributed by atoms with E-state index in [2.05, 4.69) is 19.1 Å². The van der Waals surface area contributed by atoms with Crippen molar-refractivity contribution < 1.29 is 0 Å². The highest BCUT2D eigenvalue weighted by Gasteiger charge is 2.02. The molecule has 0 aliphatic rings. The van der Waals surface area contributed by atoms with E-state index in [1.807, 2.05) is 12.1 Å². The van der Waals surface area contributed by atoms with Crippen molar-refractivity contribution in [1.29, 1.82) is 0 Å². The van der Waals surface area contributed by atoms with E-state index in [0.717, 1.165) is 5.56 Å². The predicted octanol–water partition coefficient (Wildman–Crippen LogP) is 3.96. The highest BCUT2D eigenvalue weighted by molar-refractivity contribution is 7.15. The van der Waals surface area contributed by atoms with Gasteiger partial charge in [-0.15, -0.1) is 11.3 Å². The van der Waals surface area contributed by atoms with Crippen LogP contribution in [0.3, 0.4) is 0 Å². The molecule has 1 nitrogen and oxygen atoms in total. The van der Waals surface area contributed by atoms with Crippen LogP contribution in [0.2, 0.25) is 5.02 Å². The van der Waals surface area contributed by atoms with E-state index in [1.54, 1.807) is 17.4 Å². The number of hydrogen-bond acceptors (Lipinski definition) is 2. The molecular weight excluding hydrogens is 214 g/mol. The number of halogens is 1. The van der Waals surface area contributed by atoms with Gasteiger partial charge in [0.15, 0.2) is 0 Å². The van der Waals surface area contributed by atoms with Crippen molar-refractivity contribution in [2.24, 2.45) is 0 Å². The second-order valence-electron chi connectivity index (χ2n) is 3.18. The Bertz CT molecular complexity index is 442. The molecule has 14 heavy (non-hydrogen) atoms. The first-order chi connectivity index (χ1) is 6.65. The van der Waals surface area contributed by atoms with Gasteiger partial charge < -0.3 is 5.73 Å². The number of aryl methyl sites for hydroxylation is 1. The van der Waals surface area contributed by atoms with E-state index in [-0.39, 0.29) is 0 Å². The zero-order valence-corrected chi connectivity index (χ0v) is 9.32. The van der Waals surface area contributed by atoms with Gasteiger partial charge in [-0.25, -0.2) is 0 Å². The molecular formula is C11H10ClNS. The smallest absolute Gasteiger partial charge is 0.0432 e. The Morgan fingerprint density at radius 3 is 2.57 bits per heavy atom. The van der Waals surface area contributed by atoms with Gasteiger partial charge in [-0.05, 0) is 42.8 Å². The number of nitrogens with two attached hydrogens (primary N) is 1. The van der Waals surface area contributed by atoms with Gasteiger partial charge in [0.1, 0.15) is 0 Å². The molecule has 3 heteroatoms.